The highest BCUT2D eigenvalue weighted by Crippen LogP contribution is 2.22. The largest absolute Gasteiger partial charge is 0.478 e. The molecule has 0 bridgehead atoms. The molecule has 0 unspecified atom stereocenters. The lowest BCUT2D eigenvalue weighted by Gasteiger charge is -2.23. The van der Waals surface area contributed by atoms with Crippen LogP contribution in [-0.2, 0) is 12.8 Å². The van der Waals surface area contributed by atoms with Crippen molar-refractivity contribution in [1.82, 2.24) is 10.2 Å². The van der Waals surface area contributed by atoms with E-state index in [1.165, 1.54) is 0 Å². The lowest BCUT2D eigenvalue weighted by molar-refractivity contribution is 0.0696. The molecule has 1 aromatic heterocycles. The Morgan fingerprint density at radius 3 is 2.35 bits per heavy atom. The van der Waals surface area contributed by atoms with Crippen molar-refractivity contribution in [1.29, 1.82) is 0 Å². The van der Waals surface area contributed by atoms with Gasteiger partial charge in [-0.15, -0.1) is 5.10 Å². The number of nitrogens with zero attached hydrogens (tertiary/aromatic N) is 2. The Hall–Kier alpha value is -1.69. The molecule has 0 radical (unpaired) electrons. The quantitative estimate of drug-likeness (QED) is 0.704. The second kappa shape index (κ2) is 6.65. The number of nitrogens with one attached hydrogen (secondary N) is 1. The molecule has 20 heavy (non-hydrogen) atoms. The predicted octanol–water partition coefficient (Wildman–Crippen LogP) is 1.73. The van der Waals surface area contributed by atoms with Crippen LogP contribution in [0.1, 0.15) is 49.3 Å². The van der Waals surface area contributed by atoms with Crippen molar-refractivity contribution in [2.75, 3.05) is 18.5 Å². The summed E-state index contributed by atoms with van der Waals surface area (Å²) in [4.78, 5) is 11.5. The summed E-state index contributed by atoms with van der Waals surface area (Å²) in [6.45, 7) is 8.03. The molecule has 1 rings (SSSR count). The summed E-state index contributed by atoms with van der Waals surface area (Å²) in [5, 5.41) is 29.8. The molecule has 0 atom stereocenters. The van der Waals surface area contributed by atoms with Crippen LogP contribution in [0, 0.1) is 5.41 Å². The molecule has 1 aromatic rings. The number of aromatic nitrogens is 2. The number of aliphatic hydroxyl groups excluding tert-OH is 1. The third-order valence-electron chi connectivity index (χ3n) is 3.22. The number of hydrogen-bond acceptors (Lipinski definition) is 5. The SMILES string of the molecule is CCc1nnc(NCC(C)(C)CO)c(C(=O)O)c1CC. The van der Waals surface area contributed by atoms with Gasteiger partial charge in [0.05, 0.1) is 5.69 Å². The standard InChI is InChI=1S/C14H23N3O3/c1-5-9-10(6-2)16-17-12(11(9)13(19)20)15-7-14(3,4)8-18/h18H,5-8H2,1-4H3,(H,15,17)(H,19,20). The first-order valence-corrected chi connectivity index (χ1v) is 6.82. The van der Waals surface area contributed by atoms with Gasteiger partial charge in [-0.25, -0.2) is 4.79 Å². The normalized spacial score (nSPS) is 11.4. The molecule has 0 aliphatic rings. The highest BCUT2D eigenvalue weighted by Gasteiger charge is 2.22. The van der Waals surface area contributed by atoms with E-state index in [0.717, 1.165) is 11.3 Å². The van der Waals surface area contributed by atoms with Gasteiger partial charge in [-0.1, -0.05) is 27.7 Å². The average molecular weight is 281 g/mol. The summed E-state index contributed by atoms with van der Waals surface area (Å²) < 4.78 is 0. The third-order valence-corrected chi connectivity index (χ3v) is 3.22. The molecule has 112 valence electrons. The van der Waals surface area contributed by atoms with Crippen molar-refractivity contribution in [2.24, 2.45) is 5.41 Å². The van der Waals surface area contributed by atoms with Crippen molar-refractivity contribution in [3.05, 3.63) is 16.8 Å². The molecule has 3 N–H and O–H groups in total. The molecule has 0 amide bonds. The first kappa shape index (κ1) is 16.4. The minimum atomic E-state index is -1.00. The van der Waals surface area contributed by atoms with Crippen LogP contribution in [0.5, 0.6) is 0 Å². The Kier molecular flexibility index (Phi) is 5.44. The van der Waals surface area contributed by atoms with Crippen molar-refractivity contribution in [3.63, 3.8) is 0 Å². The second-order valence-electron chi connectivity index (χ2n) is 5.54. The first-order chi connectivity index (χ1) is 9.36. The smallest absolute Gasteiger partial charge is 0.339 e. The molecule has 0 aliphatic heterocycles. The van der Waals surface area contributed by atoms with Crippen LogP contribution in [-0.4, -0.2) is 39.5 Å². The Morgan fingerprint density at radius 2 is 1.90 bits per heavy atom. The third kappa shape index (κ3) is 3.66. The highest BCUT2D eigenvalue weighted by atomic mass is 16.4. The summed E-state index contributed by atoms with van der Waals surface area (Å²) in [7, 11) is 0. The molecule has 0 fully saturated rings. The Morgan fingerprint density at radius 1 is 1.25 bits per heavy atom. The maximum atomic E-state index is 11.5. The summed E-state index contributed by atoms with van der Waals surface area (Å²) in [5.41, 5.74) is 1.28. The zero-order valence-corrected chi connectivity index (χ0v) is 12.5. The average Bonchev–Trinajstić information content (AvgIpc) is 2.43. The fraction of sp³-hybridized carbons (Fsp3) is 0.643. The summed E-state index contributed by atoms with van der Waals surface area (Å²) in [5.74, 6) is -0.733. The summed E-state index contributed by atoms with van der Waals surface area (Å²) >= 11 is 0. The number of anilines is 1. The molecule has 6 heteroatoms. The van der Waals surface area contributed by atoms with Crippen molar-refractivity contribution in [2.45, 2.75) is 40.5 Å². The topological polar surface area (TPSA) is 95.3 Å². The Bertz CT molecular complexity index is 487. The number of aryl methyl sites for hydroxylation is 1. The Labute approximate surface area is 119 Å². The molecule has 0 spiro atoms. The second-order valence-corrected chi connectivity index (χ2v) is 5.54. The monoisotopic (exact) mass is 281 g/mol. The van der Waals surface area contributed by atoms with Gasteiger partial charge < -0.3 is 15.5 Å². The molecule has 0 saturated carbocycles. The van der Waals surface area contributed by atoms with Gasteiger partial charge in [0.25, 0.3) is 0 Å². The molecule has 0 aliphatic carbocycles. The number of rotatable bonds is 7. The number of carbonyl (C=O) groups is 1. The van der Waals surface area contributed by atoms with E-state index < -0.39 is 5.97 Å². The van der Waals surface area contributed by atoms with E-state index in [-0.39, 0.29) is 23.4 Å². The van der Waals surface area contributed by atoms with E-state index >= 15 is 0 Å². The van der Waals surface area contributed by atoms with Gasteiger partial charge in [-0.2, -0.15) is 5.10 Å². The summed E-state index contributed by atoms with van der Waals surface area (Å²) in [6, 6.07) is 0. The van der Waals surface area contributed by atoms with Gasteiger partial charge in [0.15, 0.2) is 5.82 Å². The van der Waals surface area contributed by atoms with Gasteiger partial charge in [-0.05, 0) is 18.4 Å². The van der Waals surface area contributed by atoms with Gasteiger partial charge in [-0.3, -0.25) is 0 Å². The van der Waals surface area contributed by atoms with Crippen LogP contribution < -0.4 is 5.32 Å². The zero-order chi connectivity index (χ0) is 15.3. The van der Waals surface area contributed by atoms with Crippen LogP contribution in [0.15, 0.2) is 0 Å². The maximum absolute atomic E-state index is 11.5. The van der Waals surface area contributed by atoms with Gasteiger partial charge >= 0.3 is 5.97 Å². The minimum absolute atomic E-state index is 0.00348. The summed E-state index contributed by atoms with van der Waals surface area (Å²) in [6.07, 6.45) is 1.25. The van der Waals surface area contributed by atoms with Crippen molar-refractivity contribution in [3.8, 4) is 0 Å². The number of aromatic carboxylic acids is 1. The fourth-order valence-electron chi connectivity index (χ4n) is 1.91. The van der Waals surface area contributed by atoms with Gasteiger partial charge in [0, 0.05) is 18.6 Å². The predicted molar refractivity (Wildman–Crippen MR) is 77.1 cm³/mol. The van der Waals surface area contributed by atoms with E-state index in [9.17, 15) is 15.0 Å². The van der Waals surface area contributed by atoms with E-state index in [0.29, 0.717) is 19.4 Å². The minimum Gasteiger partial charge on any atom is -0.478 e. The fourth-order valence-corrected chi connectivity index (χ4v) is 1.91. The van der Waals surface area contributed by atoms with Crippen LogP contribution in [0.25, 0.3) is 0 Å². The number of carboxylic acid groups (broad SMARTS) is 1. The maximum Gasteiger partial charge on any atom is 0.339 e. The van der Waals surface area contributed by atoms with Crippen LogP contribution >= 0.6 is 0 Å². The lowest BCUT2D eigenvalue weighted by atomic mass is 9.95. The molecule has 0 saturated heterocycles. The molecule has 6 nitrogen and oxygen atoms in total. The highest BCUT2D eigenvalue weighted by molar-refractivity contribution is 5.95. The molecular weight excluding hydrogens is 258 g/mol. The van der Waals surface area contributed by atoms with Gasteiger partial charge in [0.2, 0.25) is 0 Å². The van der Waals surface area contributed by atoms with Crippen molar-refractivity contribution < 1.29 is 15.0 Å². The molecule has 1 heterocycles. The number of hydrogen-bond donors (Lipinski definition) is 3. The van der Waals surface area contributed by atoms with Crippen LogP contribution in [0.2, 0.25) is 0 Å². The van der Waals surface area contributed by atoms with E-state index in [4.69, 9.17) is 0 Å². The number of aliphatic hydroxyl groups is 1. The number of carboxylic acids is 1. The van der Waals surface area contributed by atoms with E-state index in [2.05, 4.69) is 15.5 Å². The molecule has 0 aromatic carbocycles. The van der Waals surface area contributed by atoms with Crippen LogP contribution in [0.3, 0.4) is 0 Å². The molecular formula is C14H23N3O3. The zero-order valence-electron chi connectivity index (χ0n) is 12.5. The lowest BCUT2D eigenvalue weighted by Crippen LogP contribution is -2.28. The van der Waals surface area contributed by atoms with E-state index in [1.807, 2.05) is 27.7 Å². The Balaban J connectivity index is 3.17. The van der Waals surface area contributed by atoms with E-state index in [1.54, 1.807) is 0 Å². The van der Waals surface area contributed by atoms with Gasteiger partial charge in [0.1, 0.15) is 5.56 Å². The van der Waals surface area contributed by atoms with Crippen LogP contribution in [0.4, 0.5) is 5.82 Å². The van der Waals surface area contributed by atoms with Crippen molar-refractivity contribution >= 4 is 11.8 Å². The first-order valence-electron chi connectivity index (χ1n) is 6.82.